The summed E-state index contributed by atoms with van der Waals surface area (Å²) in [6.45, 7) is -0.134. The molecule has 0 bridgehead atoms. The van der Waals surface area contributed by atoms with Crippen molar-refractivity contribution in [1.82, 2.24) is 4.90 Å². The largest absolute Gasteiger partial charge is 0.485 e. The number of hydrogen-bond donors (Lipinski definition) is 2. The Balaban J connectivity index is 1.90. The van der Waals surface area contributed by atoms with Crippen molar-refractivity contribution in [2.24, 2.45) is 0 Å². The van der Waals surface area contributed by atoms with Crippen molar-refractivity contribution in [2.75, 3.05) is 32.1 Å². The van der Waals surface area contributed by atoms with Gasteiger partial charge in [0.1, 0.15) is 5.70 Å². The van der Waals surface area contributed by atoms with Crippen LogP contribution in [0.2, 0.25) is 0 Å². The van der Waals surface area contributed by atoms with Gasteiger partial charge in [0.15, 0.2) is 11.6 Å². The summed E-state index contributed by atoms with van der Waals surface area (Å²) in [7, 11) is 1.23. The van der Waals surface area contributed by atoms with Gasteiger partial charge in [0, 0.05) is 6.54 Å². The van der Waals surface area contributed by atoms with Crippen molar-refractivity contribution in [1.29, 1.82) is 0 Å². The molecule has 1 aliphatic carbocycles. The van der Waals surface area contributed by atoms with Crippen LogP contribution in [0.4, 0.5) is 10.1 Å². The minimum Gasteiger partial charge on any atom is -0.485 e. The number of carbonyl (C=O) groups is 2. The lowest BCUT2D eigenvalue weighted by Crippen LogP contribution is -2.31. The van der Waals surface area contributed by atoms with Crippen LogP contribution in [0.15, 0.2) is 29.5 Å². The fourth-order valence-electron chi connectivity index (χ4n) is 3.38. The molecule has 1 fully saturated rings. The van der Waals surface area contributed by atoms with Gasteiger partial charge in [0.05, 0.1) is 37.6 Å². The molecule has 2 N–H and O–H groups in total. The number of nitrogens with one attached hydrogen (secondary N) is 1. The maximum absolute atomic E-state index is 14.4. The van der Waals surface area contributed by atoms with E-state index in [2.05, 4.69) is 5.32 Å². The molecule has 0 atom stereocenters. The van der Waals surface area contributed by atoms with Gasteiger partial charge in [-0.2, -0.15) is 0 Å². The van der Waals surface area contributed by atoms with Crippen LogP contribution in [0.25, 0.3) is 0 Å². The van der Waals surface area contributed by atoms with E-state index in [1.54, 1.807) is 6.07 Å². The minimum atomic E-state index is -0.652. The number of aliphatic hydroxyl groups excluding tert-OH is 1. The lowest BCUT2D eigenvalue weighted by Gasteiger charge is -2.19. The van der Waals surface area contributed by atoms with Crippen LogP contribution in [0.3, 0.4) is 0 Å². The molecule has 1 aromatic carbocycles. The van der Waals surface area contributed by atoms with E-state index in [1.165, 1.54) is 24.1 Å². The van der Waals surface area contributed by atoms with Crippen molar-refractivity contribution < 1.29 is 28.6 Å². The van der Waals surface area contributed by atoms with E-state index in [0.717, 1.165) is 25.7 Å². The summed E-state index contributed by atoms with van der Waals surface area (Å²) >= 11 is 0. The van der Waals surface area contributed by atoms with Crippen molar-refractivity contribution in [3.05, 3.63) is 35.3 Å². The maximum atomic E-state index is 14.4. The van der Waals surface area contributed by atoms with Crippen molar-refractivity contribution in [2.45, 2.75) is 31.8 Å². The van der Waals surface area contributed by atoms with Crippen LogP contribution >= 0.6 is 0 Å². The third kappa shape index (κ3) is 4.05. The van der Waals surface area contributed by atoms with Gasteiger partial charge in [-0.15, -0.1) is 0 Å². The van der Waals surface area contributed by atoms with E-state index in [0.29, 0.717) is 0 Å². The summed E-state index contributed by atoms with van der Waals surface area (Å²) in [5, 5.41) is 12.0. The molecular weight excluding hydrogens is 355 g/mol. The second-order valence-electron chi connectivity index (χ2n) is 6.56. The van der Waals surface area contributed by atoms with Gasteiger partial charge < -0.3 is 24.8 Å². The van der Waals surface area contributed by atoms with Crippen LogP contribution in [0, 0.1) is 5.82 Å². The summed E-state index contributed by atoms with van der Waals surface area (Å²) in [5.41, 5.74) is 0.418. The van der Waals surface area contributed by atoms with Gasteiger partial charge >= 0.3 is 5.97 Å². The molecule has 27 heavy (non-hydrogen) atoms. The molecule has 2 aliphatic rings. The number of ether oxygens (including phenoxy) is 2. The number of carbonyl (C=O) groups excluding carboxylic acids is 2. The molecule has 146 valence electrons. The topological polar surface area (TPSA) is 88.1 Å². The maximum Gasteiger partial charge on any atom is 0.337 e. The van der Waals surface area contributed by atoms with Gasteiger partial charge in [-0.1, -0.05) is 6.07 Å². The Kier molecular flexibility index (Phi) is 5.95. The van der Waals surface area contributed by atoms with E-state index < -0.39 is 17.7 Å². The molecule has 8 heteroatoms. The zero-order valence-corrected chi connectivity index (χ0v) is 15.2. The standard InChI is InChI=1S/C19H23FN2O5/c1-26-19(25)13-11-22(9-10-23)18(24)16(13)21-15-8-4-7-14(20)17(15)27-12-5-2-3-6-12/h4,7-8,12,21,23H,2-3,5-6,9-11H2,1H3. The van der Waals surface area contributed by atoms with Gasteiger partial charge in [-0.05, 0) is 37.8 Å². The molecule has 0 radical (unpaired) electrons. The first kappa shape index (κ1) is 19.2. The third-order valence-electron chi connectivity index (χ3n) is 4.77. The quantitative estimate of drug-likeness (QED) is 0.704. The van der Waals surface area contributed by atoms with E-state index in [9.17, 15) is 14.0 Å². The Labute approximate surface area is 156 Å². The number of nitrogens with zero attached hydrogens (tertiary/aromatic N) is 1. The molecule has 1 aromatic rings. The van der Waals surface area contributed by atoms with E-state index in [1.807, 2.05) is 0 Å². The number of aliphatic hydroxyl groups is 1. The molecule has 1 aliphatic heterocycles. The van der Waals surface area contributed by atoms with Gasteiger partial charge in [-0.25, -0.2) is 9.18 Å². The summed E-state index contributed by atoms with van der Waals surface area (Å²) < 4.78 is 25.0. The highest BCUT2D eigenvalue weighted by atomic mass is 19.1. The normalized spacial score (nSPS) is 17.6. The smallest absolute Gasteiger partial charge is 0.337 e. The van der Waals surface area contributed by atoms with Crippen LogP contribution in [0.5, 0.6) is 5.75 Å². The number of amides is 1. The Bertz CT molecular complexity index is 758. The van der Waals surface area contributed by atoms with Crippen LogP contribution in [-0.4, -0.2) is 54.8 Å². The lowest BCUT2D eigenvalue weighted by molar-refractivity contribution is -0.136. The minimum absolute atomic E-state index is 0.0113. The summed E-state index contributed by atoms with van der Waals surface area (Å²) in [4.78, 5) is 26.0. The van der Waals surface area contributed by atoms with Crippen LogP contribution in [-0.2, 0) is 14.3 Å². The third-order valence-corrected chi connectivity index (χ3v) is 4.77. The predicted octanol–water partition coefficient (Wildman–Crippen LogP) is 1.82. The first-order valence-corrected chi connectivity index (χ1v) is 8.99. The van der Waals surface area contributed by atoms with Crippen molar-refractivity contribution in [3.63, 3.8) is 0 Å². The first-order chi connectivity index (χ1) is 13.0. The van der Waals surface area contributed by atoms with E-state index in [4.69, 9.17) is 14.6 Å². The fraction of sp³-hybridized carbons (Fsp3) is 0.474. The zero-order chi connectivity index (χ0) is 19.4. The van der Waals surface area contributed by atoms with Gasteiger partial charge in [-0.3, -0.25) is 4.79 Å². The van der Waals surface area contributed by atoms with Gasteiger partial charge in [0.2, 0.25) is 0 Å². The molecule has 7 nitrogen and oxygen atoms in total. The van der Waals surface area contributed by atoms with E-state index in [-0.39, 0.29) is 48.5 Å². The molecule has 0 spiro atoms. The predicted molar refractivity (Wildman–Crippen MR) is 95.6 cm³/mol. The Morgan fingerprint density at radius 1 is 1.37 bits per heavy atom. The number of para-hydroxylation sites is 1. The van der Waals surface area contributed by atoms with E-state index >= 15 is 0 Å². The zero-order valence-electron chi connectivity index (χ0n) is 15.2. The number of methoxy groups -OCH3 is 1. The number of esters is 1. The van der Waals surface area contributed by atoms with Crippen LogP contribution < -0.4 is 10.1 Å². The number of benzene rings is 1. The number of anilines is 1. The molecule has 0 unspecified atom stereocenters. The lowest BCUT2D eigenvalue weighted by atomic mass is 10.2. The highest BCUT2D eigenvalue weighted by Gasteiger charge is 2.35. The Morgan fingerprint density at radius 3 is 2.78 bits per heavy atom. The number of halogens is 1. The second-order valence-corrected chi connectivity index (χ2v) is 6.56. The number of β-amino-alcohol motifs (C(OH)–C–C–N with tert-alkyl or cyclic N) is 1. The van der Waals surface area contributed by atoms with Crippen molar-refractivity contribution in [3.8, 4) is 5.75 Å². The van der Waals surface area contributed by atoms with Crippen molar-refractivity contribution >= 4 is 17.6 Å². The molecule has 0 saturated heterocycles. The van der Waals surface area contributed by atoms with Gasteiger partial charge in [0.25, 0.3) is 5.91 Å². The molecule has 1 heterocycles. The molecule has 3 rings (SSSR count). The summed E-state index contributed by atoms with van der Waals surface area (Å²) in [5.74, 6) is -1.61. The highest BCUT2D eigenvalue weighted by Crippen LogP contribution is 2.34. The average molecular weight is 378 g/mol. The fourth-order valence-corrected chi connectivity index (χ4v) is 3.38. The van der Waals surface area contributed by atoms with Crippen LogP contribution in [0.1, 0.15) is 25.7 Å². The Morgan fingerprint density at radius 2 is 2.11 bits per heavy atom. The Hall–Kier alpha value is -2.61. The highest BCUT2D eigenvalue weighted by molar-refractivity contribution is 6.08. The summed E-state index contributed by atoms with van der Waals surface area (Å²) in [6, 6.07) is 4.39. The summed E-state index contributed by atoms with van der Waals surface area (Å²) in [6.07, 6.45) is 3.71. The number of rotatable bonds is 7. The first-order valence-electron chi connectivity index (χ1n) is 8.99. The average Bonchev–Trinajstić information content (AvgIpc) is 3.27. The molecule has 1 saturated carbocycles. The molecule has 0 aromatic heterocycles. The SMILES string of the molecule is COC(=O)C1=C(Nc2cccc(F)c2OC2CCCC2)C(=O)N(CCO)C1. The molecule has 1 amide bonds. The monoisotopic (exact) mass is 378 g/mol. The number of hydrogen-bond acceptors (Lipinski definition) is 6. The molecular formula is C19H23FN2O5. The second kappa shape index (κ2) is 8.39.